The standard InChI is InChI=1S/C10H10FNO2/c11-7-3-1-2-5-6(10(13)14)4-8(12)9(5)7/h1-3,6,8H,4,12H2,(H,13,14). The van der Waals surface area contributed by atoms with Gasteiger partial charge in [-0.15, -0.1) is 0 Å². The highest BCUT2D eigenvalue weighted by atomic mass is 19.1. The molecule has 2 unspecified atom stereocenters. The molecule has 1 aromatic carbocycles. The lowest BCUT2D eigenvalue weighted by Gasteiger charge is -2.05. The summed E-state index contributed by atoms with van der Waals surface area (Å²) in [6.07, 6.45) is 0.283. The highest BCUT2D eigenvalue weighted by molar-refractivity contribution is 5.78. The average molecular weight is 195 g/mol. The Morgan fingerprint density at radius 1 is 1.57 bits per heavy atom. The normalized spacial score (nSPS) is 24.7. The van der Waals surface area contributed by atoms with Gasteiger partial charge < -0.3 is 10.8 Å². The van der Waals surface area contributed by atoms with Gasteiger partial charge in [0.25, 0.3) is 0 Å². The molecule has 0 radical (unpaired) electrons. The van der Waals surface area contributed by atoms with Crippen molar-refractivity contribution in [2.45, 2.75) is 18.4 Å². The number of hydrogen-bond acceptors (Lipinski definition) is 2. The summed E-state index contributed by atoms with van der Waals surface area (Å²) in [6.45, 7) is 0. The zero-order valence-electron chi connectivity index (χ0n) is 7.40. The van der Waals surface area contributed by atoms with Crippen LogP contribution in [0.4, 0.5) is 4.39 Å². The van der Waals surface area contributed by atoms with Crippen LogP contribution in [0.15, 0.2) is 18.2 Å². The molecule has 0 spiro atoms. The quantitative estimate of drug-likeness (QED) is 0.711. The molecule has 1 aliphatic rings. The number of rotatable bonds is 1. The fourth-order valence-corrected chi connectivity index (χ4v) is 1.98. The van der Waals surface area contributed by atoms with Crippen LogP contribution in [0.5, 0.6) is 0 Å². The maximum atomic E-state index is 13.3. The van der Waals surface area contributed by atoms with E-state index >= 15 is 0 Å². The van der Waals surface area contributed by atoms with Crippen LogP contribution in [-0.2, 0) is 4.79 Å². The van der Waals surface area contributed by atoms with Crippen molar-refractivity contribution < 1.29 is 14.3 Å². The molecule has 0 aliphatic heterocycles. The van der Waals surface area contributed by atoms with E-state index in [4.69, 9.17) is 10.8 Å². The smallest absolute Gasteiger partial charge is 0.311 e. The van der Waals surface area contributed by atoms with Gasteiger partial charge in [-0.05, 0) is 18.1 Å². The first kappa shape index (κ1) is 9.15. The van der Waals surface area contributed by atoms with E-state index < -0.39 is 23.7 Å². The first-order valence-electron chi connectivity index (χ1n) is 4.38. The van der Waals surface area contributed by atoms with Crippen molar-refractivity contribution in [2.24, 2.45) is 5.73 Å². The predicted molar refractivity (Wildman–Crippen MR) is 48.3 cm³/mol. The van der Waals surface area contributed by atoms with Gasteiger partial charge in [0.1, 0.15) is 5.82 Å². The summed E-state index contributed by atoms with van der Waals surface area (Å²) in [6, 6.07) is 3.96. The zero-order valence-corrected chi connectivity index (χ0v) is 7.40. The van der Waals surface area contributed by atoms with Crippen molar-refractivity contribution in [2.75, 3.05) is 0 Å². The van der Waals surface area contributed by atoms with Gasteiger partial charge in [-0.25, -0.2) is 4.39 Å². The molecule has 1 aromatic rings. The lowest BCUT2D eigenvalue weighted by atomic mass is 10.0. The monoisotopic (exact) mass is 195 g/mol. The summed E-state index contributed by atoms with van der Waals surface area (Å²) in [5.74, 6) is -2.00. The first-order chi connectivity index (χ1) is 6.61. The Morgan fingerprint density at radius 2 is 2.29 bits per heavy atom. The maximum Gasteiger partial charge on any atom is 0.311 e. The summed E-state index contributed by atoms with van der Waals surface area (Å²) >= 11 is 0. The molecule has 3 nitrogen and oxygen atoms in total. The second kappa shape index (κ2) is 3.06. The van der Waals surface area contributed by atoms with Gasteiger partial charge in [-0.1, -0.05) is 12.1 Å². The number of nitrogens with two attached hydrogens (primary N) is 1. The number of fused-ring (bicyclic) bond motifs is 1. The van der Waals surface area contributed by atoms with E-state index in [1.807, 2.05) is 0 Å². The highest BCUT2D eigenvalue weighted by Crippen LogP contribution is 2.40. The van der Waals surface area contributed by atoms with Crippen LogP contribution in [0.25, 0.3) is 0 Å². The molecule has 0 saturated carbocycles. The molecule has 14 heavy (non-hydrogen) atoms. The fourth-order valence-electron chi connectivity index (χ4n) is 1.98. The minimum Gasteiger partial charge on any atom is -0.481 e. The van der Waals surface area contributed by atoms with Crippen molar-refractivity contribution in [3.8, 4) is 0 Å². The van der Waals surface area contributed by atoms with Crippen molar-refractivity contribution >= 4 is 5.97 Å². The summed E-state index contributed by atoms with van der Waals surface area (Å²) in [7, 11) is 0. The Morgan fingerprint density at radius 3 is 2.93 bits per heavy atom. The number of halogens is 1. The molecule has 0 fully saturated rings. The molecule has 0 bridgehead atoms. The third-order valence-electron chi connectivity index (χ3n) is 2.62. The predicted octanol–water partition coefficient (Wildman–Crippen LogP) is 1.40. The molecular formula is C10H10FNO2. The lowest BCUT2D eigenvalue weighted by molar-refractivity contribution is -0.138. The number of carbonyl (C=O) groups is 1. The van der Waals surface area contributed by atoms with Gasteiger partial charge in [0.2, 0.25) is 0 Å². The van der Waals surface area contributed by atoms with E-state index in [9.17, 15) is 9.18 Å². The Balaban J connectivity index is 2.55. The van der Waals surface area contributed by atoms with Crippen LogP contribution in [-0.4, -0.2) is 11.1 Å². The second-order valence-electron chi connectivity index (χ2n) is 3.48. The minimum absolute atomic E-state index is 0.283. The van der Waals surface area contributed by atoms with Crippen molar-refractivity contribution in [1.82, 2.24) is 0 Å². The van der Waals surface area contributed by atoms with Crippen molar-refractivity contribution in [3.63, 3.8) is 0 Å². The summed E-state index contributed by atoms with van der Waals surface area (Å²) < 4.78 is 13.3. The zero-order chi connectivity index (χ0) is 10.3. The highest BCUT2D eigenvalue weighted by Gasteiger charge is 2.35. The van der Waals surface area contributed by atoms with E-state index in [-0.39, 0.29) is 6.42 Å². The second-order valence-corrected chi connectivity index (χ2v) is 3.48. The molecule has 0 aromatic heterocycles. The van der Waals surface area contributed by atoms with E-state index in [1.54, 1.807) is 6.07 Å². The summed E-state index contributed by atoms with van der Waals surface area (Å²) in [5.41, 5.74) is 6.55. The molecule has 2 atom stereocenters. The molecule has 1 aliphatic carbocycles. The van der Waals surface area contributed by atoms with Gasteiger partial charge in [-0.2, -0.15) is 0 Å². The van der Waals surface area contributed by atoms with Crippen LogP contribution < -0.4 is 5.73 Å². The van der Waals surface area contributed by atoms with Crippen molar-refractivity contribution in [1.29, 1.82) is 0 Å². The average Bonchev–Trinajstić information content (AvgIpc) is 2.45. The molecule has 2 rings (SSSR count). The molecule has 0 amide bonds. The topological polar surface area (TPSA) is 63.3 Å². The largest absolute Gasteiger partial charge is 0.481 e. The van der Waals surface area contributed by atoms with Crippen LogP contribution in [0, 0.1) is 5.82 Å². The van der Waals surface area contributed by atoms with Gasteiger partial charge in [0.15, 0.2) is 0 Å². The Kier molecular flexibility index (Phi) is 2.00. The first-order valence-corrected chi connectivity index (χ1v) is 4.38. The SMILES string of the molecule is NC1CC(C(=O)O)c2cccc(F)c21. The Labute approximate surface area is 80.3 Å². The Hall–Kier alpha value is -1.42. The van der Waals surface area contributed by atoms with Crippen LogP contribution in [0.2, 0.25) is 0 Å². The third kappa shape index (κ3) is 1.19. The number of benzene rings is 1. The fraction of sp³-hybridized carbons (Fsp3) is 0.300. The molecule has 0 saturated heterocycles. The Bertz CT molecular complexity index is 392. The molecule has 4 heteroatoms. The number of hydrogen-bond donors (Lipinski definition) is 2. The number of carboxylic acid groups (broad SMARTS) is 1. The molecule has 3 N–H and O–H groups in total. The number of aliphatic carboxylic acids is 1. The van der Waals surface area contributed by atoms with Crippen LogP contribution in [0.3, 0.4) is 0 Å². The summed E-state index contributed by atoms with van der Waals surface area (Å²) in [5, 5.41) is 8.89. The van der Waals surface area contributed by atoms with E-state index in [1.165, 1.54) is 12.1 Å². The van der Waals surface area contributed by atoms with Crippen LogP contribution >= 0.6 is 0 Å². The van der Waals surface area contributed by atoms with Crippen LogP contribution in [0.1, 0.15) is 29.5 Å². The molecule has 74 valence electrons. The summed E-state index contributed by atoms with van der Waals surface area (Å²) in [4.78, 5) is 10.8. The third-order valence-corrected chi connectivity index (χ3v) is 2.62. The van der Waals surface area contributed by atoms with Gasteiger partial charge in [0.05, 0.1) is 5.92 Å². The van der Waals surface area contributed by atoms with Gasteiger partial charge >= 0.3 is 5.97 Å². The van der Waals surface area contributed by atoms with Gasteiger partial charge in [0, 0.05) is 11.6 Å². The lowest BCUT2D eigenvalue weighted by Crippen LogP contribution is -2.10. The van der Waals surface area contributed by atoms with Crippen molar-refractivity contribution in [3.05, 3.63) is 35.1 Å². The van der Waals surface area contributed by atoms with E-state index in [2.05, 4.69) is 0 Å². The minimum atomic E-state index is -0.940. The van der Waals surface area contributed by atoms with E-state index in [0.29, 0.717) is 11.1 Å². The van der Waals surface area contributed by atoms with E-state index in [0.717, 1.165) is 0 Å². The maximum absolute atomic E-state index is 13.3. The number of carboxylic acids is 1. The van der Waals surface area contributed by atoms with Gasteiger partial charge in [-0.3, -0.25) is 4.79 Å². The molecule has 0 heterocycles. The molecular weight excluding hydrogens is 185 g/mol.